The summed E-state index contributed by atoms with van der Waals surface area (Å²) in [4.78, 5) is 7.19. The van der Waals surface area contributed by atoms with E-state index in [9.17, 15) is 5.11 Å². The Bertz CT molecular complexity index is 928. The van der Waals surface area contributed by atoms with Crippen molar-refractivity contribution >= 4 is 39.7 Å². The lowest BCUT2D eigenvalue weighted by atomic mass is 9.76. The molecule has 1 aliphatic carbocycles. The average Bonchev–Trinajstić information content (AvgIpc) is 2.96. The topological polar surface area (TPSA) is 48.4 Å². The number of nitrogens with one attached hydrogen (secondary N) is 1. The number of hydrogen-bond donors (Lipinski definition) is 2. The number of rotatable bonds is 4. The van der Waals surface area contributed by atoms with E-state index in [0.29, 0.717) is 11.8 Å². The number of piperidine rings is 2. The molecule has 1 aromatic heterocycles. The third-order valence-corrected chi connectivity index (χ3v) is 8.18. The highest BCUT2D eigenvalue weighted by Gasteiger charge is 2.35. The van der Waals surface area contributed by atoms with Gasteiger partial charge >= 0.3 is 0 Å². The fourth-order valence-corrected chi connectivity index (χ4v) is 6.28. The molecular weight excluding hydrogens is 486 g/mol. The van der Waals surface area contributed by atoms with Gasteiger partial charge in [-0.15, -0.1) is 0 Å². The number of fused-ring (bicyclic) bond motifs is 2. The van der Waals surface area contributed by atoms with Gasteiger partial charge in [0.25, 0.3) is 0 Å². The van der Waals surface area contributed by atoms with Crippen LogP contribution in [-0.4, -0.2) is 47.4 Å². The summed E-state index contributed by atoms with van der Waals surface area (Å²) < 4.78 is 1.000. The zero-order valence-electron chi connectivity index (χ0n) is 18.3. The summed E-state index contributed by atoms with van der Waals surface area (Å²) in [6.07, 6.45) is 11.3. The normalized spacial score (nSPS) is 23.4. The second-order valence-electron chi connectivity index (χ2n) is 9.50. The summed E-state index contributed by atoms with van der Waals surface area (Å²) in [5.74, 6) is 1.37. The lowest BCUT2D eigenvalue weighted by Crippen LogP contribution is -2.44. The summed E-state index contributed by atoms with van der Waals surface area (Å²) in [6.45, 7) is 4.05. The highest BCUT2D eigenvalue weighted by atomic mass is 79.9. The molecular formula is C26H31BrClN3O. The third kappa shape index (κ3) is 4.83. The van der Waals surface area contributed by atoms with E-state index >= 15 is 0 Å². The van der Waals surface area contributed by atoms with Crippen LogP contribution in [0.1, 0.15) is 60.4 Å². The Morgan fingerprint density at radius 2 is 1.84 bits per heavy atom. The molecule has 2 fully saturated rings. The molecule has 32 heavy (non-hydrogen) atoms. The van der Waals surface area contributed by atoms with Crippen molar-refractivity contribution in [1.29, 1.82) is 0 Å². The molecule has 0 amide bonds. The van der Waals surface area contributed by atoms with Crippen molar-refractivity contribution in [3.63, 3.8) is 0 Å². The van der Waals surface area contributed by atoms with Gasteiger partial charge in [-0.3, -0.25) is 9.88 Å². The van der Waals surface area contributed by atoms with E-state index < -0.39 is 0 Å². The number of halogens is 2. The number of aromatic nitrogens is 1. The van der Waals surface area contributed by atoms with Crippen LogP contribution >= 0.6 is 27.5 Å². The molecule has 2 aliphatic heterocycles. The molecule has 6 heteroatoms. The van der Waals surface area contributed by atoms with Gasteiger partial charge in [-0.1, -0.05) is 29.8 Å². The van der Waals surface area contributed by atoms with Crippen LogP contribution in [0.5, 0.6) is 0 Å². The first-order chi connectivity index (χ1) is 15.6. The molecule has 2 N–H and O–H groups in total. The lowest BCUT2D eigenvalue weighted by Gasteiger charge is -2.39. The fraction of sp³-hybridized carbons (Fsp3) is 0.500. The van der Waals surface area contributed by atoms with Crippen molar-refractivity contribution in [2.45, 2.75) is 44.2 Å². The van der Waals surface area contributed by atoms with E-state index in [0.717, 1.165) is 60.6 Å². The van der Waals surface area contributed by atoms with Gasteiger partial charge in [0, 0.05) is 34.7 Å². The van der Waals surface area contributed by atoms with E-state index in [2.05, 4.69) is 56.5 Å². The number of benzene rings is 1. The highest BCUT2D eigenvalue weighted by Crippen LogP contribution is 2.43. The minimum atomic E-state index is -0.317. The van der Waals surface area contributed by atoms with E-state index in [4.69, 9.17) is 16.6 Å². The molecule has 0 bridgehead atoms. The van der Waals surface area contributed by atoms with E-state index in [-0.39, 0.29) is 12.1 Å². The molecule has 2 atom stereocenters. The van der Waals surface area contributed by atoms with Crippen LogP contribution < -0.4 is 5.32 Å². The maximum Gasteiger partial charge on any atom is 0.107 e. The average molecular weight is 517 g/mol. The van der Waals surface area contributed by atoms with Gasteiger partial charge in [0.05, 0.1) is 5.69 Å². The second-order valence-corrected chi connectivity index (χ2v) is 10.8. The third-order valence-electron chi connectivity index (χ3n) is 7.51. The maximum absolute atomic E-state index is 10.9. The monoisotopic (exact) mass is 515 g/mol. The predicted molar refractivity (Wildman–Crippen MR) is 135 cm³/mol. The number of nitrogens with zero attached hydrogens (tertiary/aromatic N) is 2. The number of aliphatic hydroxyl groups is 1. The SMILES string of the molecule is OC(CC1CCNCC1)N1CCC(C2c3ccc(Cl)cc3C=Cc3cc(Br)cnc32)CC1. The Labute approximate surface area is 204 Å². The number of pyridine rings is 1. The van der Waals surface area contributed by atoms with Gasteiger partial charge in [-0.25, -0.2) is 0 Å². The molecule has 4 nitrogen and oxygen atoms in total. The number of hydrogen-bond acceptors (Lipinski definition) is 4. The molecule has 170 valence electrons. The largest absolute Gasteiger partial charge is 0.378 e. The number of likely N-dealkylation sites (tertiary alicyclic amines) is 1. The van der Waals surface area contributed by atoms with Crippen LogP contribution in [-0.2, 0) is 0 Å². The van der Waals surface area contributed by atoms with Crippen molar-refractivity contribution < 1.29 is 5.11 Å². The van der Waals surface area contributed by atoms with Crippen LogP contribution in [0, 0.1) is 11.8 Å². The Kier molecular flexibility index (Phi) is 7.00. The van der Waals surface area contributed by atoms with Gasteiger partial charge in [0.2, 0.25) is 0 Å². The highest BCUT2D eigenvalue weighted by molar-refractivity contribution is 9.10. The van der Waals surface area contributed by atoms with Crippen LogP contribution in [0.3, 0.4) is 0 Å². The summed E-state index contributed by atoms with van der Waals surface area (Å²) in [5.41, 5.74) is 4.82. The van der Waals surface area contributed by atoms with Gasteiger partial charge in [-0.05, 0) is 108 Å². The Morgan fingerprint density at radius 1 is 1.09 bits per heavy atom. The van der Waals surface area contributed by atoms with Crippen LogP contribution in [0.25, 0.3) is 12.2 Å². The Hall–Kier alpha value is -1.24. The van der Waals surface area contributed by atoms with Crippen LogP contribution in [0.2, 0.25) is 5.02 Å². The van der Waals surface area contributed by atoms with Crippen LogP contribution in [0.4, 0.5) is 0 Å². The van der Waals surface area contributed by atoms with Gasteiger partial charge < -0.3 is 10.4 Å². The van der Waals surface area contributed by atoms with Gasteiger partial charge in [0.1, 0.15) is 6.23 Å². The van der Waals surface area contributed by atoms with E-state index in [1.165, 1.54) is 29.5 Å². The molecule has 5 rings (SSSR count). The molecule has 1 aromatic carbocycles. The van der Waals surface area contributed by atoms with Crippen molar-refractivity contribution in [2.75, 3.05) is 26.2 Å². The van der Waals surface area contributed by atoms with E-state index in [1.54, 1.807) is 0 Å². The zero-order chi connectivity index (χ0) is 22.1. The molecule has 0 saturated carbocycles. The Balaban J connectivity index is 1.35. The summed E-state index contributed by atoms with van der Waals surface area (Å²) in [6, 6.07) is 8.42. The molecule has 0 radical (unpaired) electrons. The van der Waals surface area contributed by atoms with E-state index in [1.807, 2.05) is 12.3 Å². The maximum atomic E-state index is 10.9. The van der Waals surface area contributed by atoms with Gasteiger partial charge in [0.15, 0.2) is 0 Å². The standard InChI is InChI=1S/C26H31BrClN3O/c27-21-14-20-2-1-19-15-22(28)3-4-23(19)25(26(20)30-16-21)18-7-11-31(12-8-18)24(32)13-17-5-9-29-10-6-17/h1-4,14-18,24-25,29,32H,5-13H2. The lowest BCUT2D eigenvalue weighted by molar-refractivity contribution is -0.0351. The van der Waals surface area contributed by atoms with Crippen molar-refractivity contribution in [2.24, 2.45) is 11.8 Å². The minimum absolute atomic E-state index is 0.240. The summed E-state index contributed by atoms with van der Waals surface area (Å²) in [7, 11) is 0. The molecule has 0 spiro atoms. The molecule has 2 unspecified atom stereocenters. The zero-order valence-corrected chi connectivity index (χ0v) is 20.7. The van der Waals surface area contributed by atoms with Crippen molar-refractivity contribution in [3.05, 3.63) is 62.3 Å². The van der Waals surface area contributed by atoms with Crippen LogP contribution in [0.15, 0.2) is 34.9 Å². The summed E-state index contributed by atoms with van der Waals surface area (Å²) >= 11 is 9.93. The first-order valence-corrected chi connectivity index (χ1v) is 13.0. The smallest absolute Gasteiger partial charge is 0.107 e. The number of aliphatic hydroxyl groups excluding tert-OH is 1. The molecule has 2 aromatic rings. The second kappa shape index (κ2) is 9.94. The Morgan fingerprint density at radius 3 is 2.62 bits per heavy atom. The summed E-state index contributed by atoms with van der Waals surface area (Å²) in [5, 5.41) is 15.1. The molecule has 3 aliphatic rings. The van der Waals surface area contributed by atoms with Crippen molar-refractivity contribution in [1.82, 2.24) is 15.2 Å². The van der Waals surface area contributed by atoms with Gasteiger partial charge in [-0.2, -0.15) is 0 Å². The first-order valence-electron chi connectivity index (χ1n) is 11.8. The predicted octanol–water partition coefficient (Wildman–Crippen LogP) is 5.53. The first kappa shape index (κ1) is 22.5. The fourth-order valence-electron chi connectivity index (χ4n) is 5.75. The quantitative estimate of drug-likeness (QED) is 0.561. The minimum Gasteiger partial charge on any atom is -0.378 e. The van der Waals surface area contributed by atoms with Crippen molar-refractivity contribution in [3.8, 4) is 0 Å². The molecule has 2 saturated heterocycles. The molecule has 3 heterocycles.